The van der Waals surface area contributed by atoms with Crippen LogP contribution in [0.3, 0.4) is 0 Å². The molecular formula is C18H34N2O4S2. The van der Waals surface area contributed by atoms with Crippen LogP contribution in [0.2, 0.25) is 0 Å². The predicted octanol–water partition coefficient (Wildman–Crippen LogP) is 4.24. The van der Waals surface area contributed by atoms with Crippen molar-refractivity contribution in [3.05, 3.63) is 11.8 Å². The van der Waals surface area contributed by atoms with Crippen LogP contribution in [0.1, 0.15) is 62.3 Å². The smallest absolute Gasteiger partial charge is 0.412 e. The molecule has 0 saturated carbocycles. The zero-order chi connectivity index (χ0) is 20.8. The van der Waals surface area contributed by atoms with Gasteiger partial charge in [-0.05, 0) is 47.6 Å². The first kappa shape index (κ1) is 25.1. The Labute approximate surface area is 165 Å². The van der Waals surface area contributed by atoms with Crippen molar-refractivity contribution >= 4 is 33.7 Å². The lowest BCUT2D eigenvalue weighted by Crippen LogP contribution is -2.37. The highest BCUT2D eigenvalue weighted by molar-refractivity contribution is 8.77. The zero-order valence-electron chi connectivity index (χ0n) is 17.4. The molecule has 0 aromatic heterocycles. The van der Waals surface area contributed by atoms with E-state index in [1.54, 1.807) is 69.2 Å². The summed E-state index contributed by atoms with van der Waals surface area (Å²) in [5.41, 5.74) is 4.51. The Kier molecular flexibility index (Phi) is 9.57. The number of ether oxygens (including phenoxy) is 2. The van der Waals surface area contributed by atoms with Crippen molar-refractivity contribution in [2.45, 2.75) is 83.5 Å². The van der Waals surface area contributed by atoms with Gasteiger partial charge in [-0.15, -0.1) is 0 Å². The van der Waals surface area contributed by atoms with Crippen LogP contribution in [0.5, 0.6) is 0 Å². The summed E-state index contributed by atoms with van der Waals surface area (Å²) in [6.45, 7) is 17.1. The lowest BCUT2D eigenvalue weighted by Gasteiger charge is -2.24. The third-order valence-corrected chi connectivity index (χ3v) is 5.96. The summed E-state index contributed by atoms with van der Waals surface area (Å²) in [6.07, 6.45) is 0.917. The van der Waals surface area contributed by atoms with Gasteiger partial charge in [-0.1, -0.05) is 42.4 Å². The maximum Gasteiger partial charge on any atom is 0.412 e. The van der Waals surface area contributed by atoms with Crippen LogP contribution in [0.25, 0.3) is 0 Å². The van der Waals surface area contributed by atoms with Crippen LogP contribution in [0.15, 0.2) is 11.8 Å². The number of carbonyl (C=O) groups is 2. The van der Waals surface area contributed by atoms with Crippen molar-refractivity contribution in [3.63, 3.8) is 0 Å². The second-order valence-electron chi connectivity index (χ2n) is 8.78. The highest BCUT2D eigenvalue weighted by Gasteiger charge is 2.25. The van der Waals surface area contributed by atoms with E-state index in [2.05, 4.69) is 26.1 Å². The number of amides is 1. The van der Waals surface area contributed by atoms with Gasteiger partial charge in [0.15, 0.2) is 0 Å². The van der Waals surface area contributed by atoms with Gasteiger partial charge in [0.25, 0.3) is 0 Å². The first-order valence-electron chi connectivity index (χ1n) is 8.52. The molecule has 0 aliphatic heterocycles. The van der Waals surface area contributed by atoms with Gasteiger partial charge in [-0.25, -0.2) is 9.59 Å². The van der Waals surface area contributed by atoms with Gasteiger partial charge in [0.05, 0.1) is 0 Å². The molecule has 6 nitrogen and oxygen atoms in total. The van der Waals surface area contributed by atoms with Crippen molar-refractivity contribution in [1.29, 1.82) is 0 Å². The third-order valence-electron chi connectivity index (χ3n) is 2.26. The second-order valence-corrected chi connectivity index (χ2v) is 12.0. The minimum atomic E-state index is -0.709. The normalized spacial score (nSPS) is 14.6. The number of hydrogen-bond acceptors (Lipinski definition) is 7. The number of alkyl carbamates (subject to hydrolysis) is 1. The molecule has 0 bridgehead atoms. The molecule has 0 fully saturated rings. The standard InChI is InChI=1S/C18H34N2O4S2/c1-16(2,3)23-14(21)13(20-15(22)24-17(4,5)6)10-12(11-19)25-26-18(7,8)9/h10,12H,11,19H2,1-9H3,(H,20,22)/b13-10+. The van der Waals surface area contributed by atoms with E-state index >= 15 is 0 Å². The van der Waals surface area contributed by atoms with Gasteiger partial charge in [-0.2, -0.15) is 0 Å². The Morgan fingerprint density at radius 3 is 1.88 bits per heavy atom. The quantitative estimate of drug-likeness (QED) is 0.387. The first-order chi connectivity index (χ1) is 11.5. The molecule has 0 rings (SSSR count). The predicted molar refractivity (Wildman–Crippen MR) is 111 cm³/mol. The molecule has 1 atom stereocenters. The van der Waals surface area contributed by atoms with E-state index in [-0.39, 0.29) is 15.7 Å². The number of nitrogens with two attached hydrogens (primary N) is 1. The molecule has 0 heterocycles. The van der Waals surface area contributed by atoms with Crippen LogP contribution in [0.4, 0.5) is 4.79 Å². The van der Waals surface area contributed by atoms with Crippen molar-refractivity contribution in [1.82, 2.24) is 5.32 Å². The summed E-state index contributed by atoms with van der Waals surface area (Å²) in [5, 5.41) is 2.34. The molecule has 0 spiro atoms. The van der Waals surface area contributed by atoms with E-state index in [1.807, 2.05) is 0 Å². The fraction of sp³-hybridized carbons (Fsp3) is 0.778. The van der Waals surface area contributed by atoms with Gasteiger partial charge >= 0.3 is 12.1 Å². The van der Waals surface area contributed by atoms with Crippen LogP contribution >= 0.6 is 21.6 Å². The highest BCUT2D eigenvalue weighted by Crippen LogP contribution is 2.38. The number of carbonyl (C=O) groups excluding carboxylic acids is 2. The average molecular weight is 407 g/mol. The van der Waals surface area contributed by atoms with Crippen LogP contribution in [-0.4, -0.2) is 39.8 Å². The van der Waals surface area contributed by atoms with Gasteiger partial charge in [0, 0.05) is 16.5 Å². The topological polar surface area (TPSA) is 90.6 Å². The van der Waals surface area contributed by atoms with Crippen molar-refractivity contribution < 1.29 is 19.1 Å². The summed E-state index contributed by atoms with van der Waals surface area (Å²) in [5.74, 6) is -0.622. The minimum Gasteiger partial charge on any atom is -0.455 e. The van der Waals surface area contributed by atoms with Crippen molar-refractivity contribution in [3.8, 4) is 0 Å². The molecule has 26 heavy (non-hydrogen) atoms. The fourth-order valence-electron chi connectivity index (χ4n) is 1.43. The maximum absolute atomic E-state index is 12.5. The Morgan fingerprint density at radius 2 is 1.50 bits per heavy atom. The fourth-order valence-corrected chi connectivity index (χ4v) is 3.76. The van der Waals surface area contributed by atoms with Gasteiger partial charge in [0.2, 0.25) is 0 Å². The van der Waals surface area contributed by atoms with Crippen molar-refractivity contribution in [2.75, 3.05) is 6.54 Å². The van der Waals surface area contributed by atoms with Gasteiger partial charge in [-0.3, -0.25) is 5.32 Å². The monoisotopic (exact) mass is 406 g/mol. The molecule has 8 heteroatoms. The third kappa shape index (κ3) is 13.4. The Morgan fingerprint density at radius 1 is 1.00 bits per heavy atom. The van der Waals surface area contributed by atoms with E-state index in [0.717, 1.165) is 0 Å². The van der Waals surface area contributed by atoms with E-state index in [0.29, 0.717) is 6.54 Å². The molecule has 0 aliphatic carbocycles. The summed E-state index contributed by atoms with van der Waals surface area (Å²) in [4.78, 5) is 24.6. The van der Waals surface area contributed by atoms with Crippen LogP contribution in [0, 0.1) is 0 Å². The van der Waals surface area contributed by atoms with Crippen LogP contribution < -0.4 is 11.1 Å². The van der Waals surface area contributed by atoms with Gasteiger partial charge in [0.1, 0.15) is 16.9 Å². The lowest BCUT2D eigenvalue weighted by atomic mass is 10.2. The zero-order valence-corrected chi connectivity index (χ0v) is 19.0. The van der Waals surface area contributed by atoms with Gasteiger partial charge < -0.3 is 15.2 Å². The number of nitrogens with one attached hydrogen (secondary N) is 1. The van der Waals surface area contributed by atoms with E-state index in [4.69, 9.17) is 15.2 Å². The SMILES string of the molecule is CC(C)(C)OC(=O)N/C(=C/C(CN)SSC(C)(C)C)C(=O)OC(C)(C)C. The van der Waals surface area contributed by atoms with Crippen LogP contribution in [-0.2, 0) is 14.3 Å². The number of hydrogen-bond donors (Lipinski definition) is 2. The second kappa shape index (κ2) is 9.90. The highest BCUT2D eigenvalue weighted by atomic mass is 33.1. The van der Waals surface area contributed by atoms with Crippen molar-refractivity contribution in [2.24, 2.45) is 5.73 Å². The maximum atomic E-state index is 12.5. The molecule has 1 unspecified atom stereocenters. The summed E-state index contributed by atoms with van der Waals surface area (Å²) >= 11 is 0. The number of esters is 1. The molecule has 3 N–H and O–H groups in total. The minimum absolute atomic E-state index is 0.0339. The Bertz CT molecular complexity index is 515. The average Bonchev–Trinajstić information content (AvgIpc) is 2.36. The Hall–Kier alpha value is -0.860. The number of rotatable bonds is 6. The molecule has 1 amide bonds. The molecule has 0 saturated heterocycles. The van der Waals surface area contributed by atoms with E-state index in [1.165, 1.54) is 0 Å². The Balaban J connectivity index is 5.39. The molecule has 152 valence electrons. The molecule has 0 radical (unpaired) electrons. The summed E-state index contributed by atoms with van der Waals surface area (Å²) in [7, 11) is 3.21. The first-order valence-corrected chi connectivity index (χ1v) is 10.7. The summed E-state index contributed by atoms with van der Waals surface area (Å²) in [6, 6.07) is 0. The molecule has 0 aromatic carbocycles. The lowest BCUT2D eigenvalue weighted by molar-refractivity contribution is -0.150. The van der Waals surface area contributed by atoms with E-state index in [9.17, 15) is 9.59 Å². The molecule has 0 aromatic rings. The molecular weight excluding hydrogens is 372 g/mol. The largest absolute Gasteiger partial charge is 0.455 e. The van der Waals surface area contributed by atoms with E-state index < -0.39 is 23.3 Å². The summed E-state index contributed by atoms with van der Waals surface area (Å²) < 4.78 is 10.7. The molecule has 0 aliphatic rings.